The molecular formula is C14H20FNO3. The molecule has 0 saturated carbocycles. The number of methoxy groups -OCH3 is 1. The van der Waals surface area contributed by atoms with Crippen LogP contribution in [0.25, 0.3) is 0 Å². The molecule has 0 radical (unpaired) electrons. The minimum Gasteiger partial charge on any atom is -0.396 e. The SMILES string of the molecule is COC[C@@](C)(CCO)NC(=O)c1ccc(F)cc1C. The van der Waals surface area contributed by atoms with Gasteiger partial charge in [0, 0.05) is 19.3 Å². The van der Waals surface area contributed by atoms with E-state index >= 15 is 0 Å². The zero-order chi connectivity index (χ0) is 14.5. The van der Waals surface area contributed by atoms with E-state index in [1.54, 1.807) is 13.8 Å². The smallest absolute Gasteiger partial charge is 0.252 e. The van der Waals surface area contributed by atoms with Crippen LogP contribution in [0.4, 0.5) is 4.39 Å². The highest BCUT2D eigenvalue weighted by molar-refractivity contribution is 5.96. The largest absolute Gasteiger partial charge is 0.396 e. The van der Waals surface area contributed by atoms with Crippen molar-refractivity contribution in [2.45, 2.75) is 25.8 Å². The second-order valence-corrected chi connectivity index (χ2v) is 4.88. The van der Waals surface area contributed by atoms with E-state index < -0.39 is 5.54 Å². The van der Waals surface area contributed by atoms with E-state index in [9.17, 15) is 9.18 Å². The molecule has 106 valence electrons. The summed E-state index contributed by atoms with van der Waals surface area (Å²) in [6.07, 6.45) is 0.382. The van der Waals surface area contributed by atoms with E-state index in [2.05, 4.69) is 5.32 Å². The Morgan fingerprint density at radius 2 is 2.21 bits per heavy atom. The molecule has 0 aliphatic rings. The maximum atomic E-state index is 13.0. The predicted octanol–water partition coefficient (Wildman–Crippen LogP) is 1.65. The highest BCUT2D eigenvalue weighted by atomic mass is 19.1. The molecule has 1 aromatic carbocycles. The average molecular weight is 269 g/mol. The summed E-state index contributed by atoms with van der Waals surface area (Å²) in [4.78, 5) is 12.2. The van der Waals surface area contributed by atoms with Gasteiger partial charge in [0.05, 0.1) is 12.1 Å². The molecule has 1 rings (SSSR count). The summed E-state index contributed by atoms with van der Waals surface area (Å²) >= 11 is 0. The average Bonchev–Trinajstić information content (AvgIpc) is 2.28. The molecular weight excluding hydrogens is 249 g/mol. The van der Waals surface area contributed by atoms with Crippen molar-refractivity contribution in [1.82, 2.24) is 5.32 Å². The van der Waals surface area contributed by atoms with E-state index in [0.717, 1.165) is 0 Å². The van der Waals surface area contributed by atoms with Crippen LogP contribution >= 0.6 is 0 Å². The lowest BCUT2D eigenvalue weighted by atomic mass is 9.98. The van der Waals surface area contributed by atoms with Crippen LogP contribution in [-0.2, 0) is 4.74 Å². The number of aliphatic hydroxyl groups is 1. The number of hydrogen-bond acceptors (Lipinski definition) is 3. The van der Waals surface area contributed by atoms with Gasteiger partial charge in [-0.2, -0.15) is 0 Å². The van der Waals surface area contributed by atoms with E-state index in [1.807, 2.05) is 0 Å². The number of carbonyl (C=O) groups excluding carboxylic acids is 1. The molecule has 0 aromatic heterocycles. The van der Waals surface area contributed by atoms with Gasteiger partial charge in [-0.05, 0) is 44.0 Å². The van der Waals surface area contributed by atoms with Crippen molar-refractivity contribution in [2.24, 2.45) is 0 Å². The molecule has 0 spiro atoms. The Labute approximate surface area is 112 Å². The van der Waals surface area contributed by atoms with Crippen LogP contribution in [-0.4, -0.2) is 36.9 Å². The van der Waals surface area contributed by atoms with Crippen LogP contribution in [0.5, 0.6) is 0 Å². The van der Waals surface area contributed by atoms with Gasteiger partial charge in [0.2, 0.25) is 0 Å². The van der Waals surface area contributed by atoms with Gasteiger partial charge in [-0.3, -0.25) is 4.79 Å². The van der Waals surface area contributed by atoms with Crippen LogP contribution in [0.2, 0.25) is 0 Å². The zero-order valence-corrected chi connectivity index (χ0v) is 11.5. The van der Waals surface area contributed by atoms with Crippen LogP contribution in [0, 0.1) is 12.7 Å². The van der Waals surface area contributed by atoms with Gasteiger partial charge >= 0.3 is 0 Å². The maximum Gasteiger partial charge on any atom is 0.252 e. The molecule has 1 atom stereocenters. The summed E-state index contributed by atoms with van der Waals surface area (Å²) in [6, 6.07) is 4.02. The third kappa shape index (κ3) is 4.29. The first kappa shape index (κ1) is 15.6. The Hall–Kier alpha value is -1.46. The number of ether oxygens (including phenoxy) is 1. The minimum absolute atomic E-state index is 0.0530. The van der Waals surface area contributed by atoms with E-state index in [-0.39, 0.29) is 18.3 Å². The lowest BCUT2D eigenvalue weighted by Crippen LogP contribution is -2.50. The second kappa shape index (κ2) is 6.63. The van der Waals surface area contributed by atoms with Crippen molar-refractivity contribution in [3.63, 3.8) is 0 Å². The molecule has 0 heterocycles. The van der Waals surface area contributed by atoms with Gasteiger partial charge in [0.15, 0.2) is 0 Å². The molecule has 4 nitrogen and oxygen atoms in total. The molecule has 0 aliphatic carbocycles. The Balaban J connectivity index is 2.87. The Bertz CT molecular complexity index is 442. The van der Waals surface area contributed by atoms with E-state index in [0.29, 0.717) is 24.2 Å². The Morgan fingerprint density at radius 1 is 1.53 bits per heavy atom. The predicted molar refractivity (Wildman–Crippen MR) is 70.6 cm³/mol. The molecule has 2 N–H and O–H groups in total. The van der Waals surface area contributed by atoms with Crippen LogP contribution in [0.3, 0.4) is 0 Å². The fourth-order valence-electron chi connectivity index (χ4n) is 1.96. The number of rotatable bonds is 6. The minimum atomic E-state index is -0.651. The molecule has 0 aliphatic heterocycles. The fourth-order valence-corrected chi connectivity index (χ4v) is 1.96. The Kier molecular flexibility index (Phi) is 5.44. The summed E-state index contributed by atoms with van der Waals surface area (Å²) < 4.78 is 18.1. The summed E-state index contributed by atoms with van der Waals surface area (Å²) in [5.41, 5.74) is 0.337. The second-order valence-electron chi connectivity index (χ2n) is 4.88. The highest BCUT2D eigenvalue weighted by Crippen LogP contribution is 2.14. The number of nitrogens with one attached hydrogen (secondary N) is 1. The van der Waals surface area contributed by atoms with Gasteiger partial charge in [0.1, 0.15) is 5.82 Å². The van der Waals surface area contributed by atoms with Gasteiger partial charge < -0.3 is 15.2 Å². The fraction of sp³-hybridized carbons (Fsp3) is 0.500. The first-order chi connectivity index (χ1) is 8.91. The standard InChI is InChI=1S/C14H20FNO3/c1-10-8-11(15)4-5-12(10)13(18)16-14(2,6-7-17)9-19-3/h4-5,8,17H,6-7,9H2,1-3H3,(H,16,18)/t14-/m1/s1. The molecule has 1 aromatic rings. The number of aryl methyl sites for hydroxylation is 1. The van der Waals surface area contributed by atoms with Gasteiger partial charge in [-0.25, -0.2) is 4.39 Å². The number of hydrogen-bond donors (Lipinski definition) is 2. The monoisotopic (exact) mass is 269 g/mol. The van der Waals surface area contributed by atoms with Crippen LogP contribution in [0.15, 0.2) is 18.2 Å². The number of aliphatic hydroxyl groups excluding tert-OH is 1. The first-order valence-electron chi connectivity index (χ1n) is 6.10. The van der Waals surface area contributed by atoms with Crippen molar-refractivity contribution in [1.29, 1.82) is 0 Å². The zero-order valence-electron chi connectivity index (χ0n) is 11.5. The summed E-state index contributed by atoms with van der Waals surface area (Å²) in [6.45, 7) is 3.71. The molecule has 0 fully saturated rings. The molecule has 0 unspecified atom stereocenters. The topological polar surface area (TPSA) is 58.6 Å². The number of halogens is 1. The van der Waals surface area contributed by atoms with Crippen LogP contribution < -0.4 is 5.32 Å². The van der Waals surface area contributed by atoms with E-state index in [4.69, 9.17) is 9.84 Å². The quantitative estimate of drug-likeness (QED) is 0.825. The van der Waals surface area contributed by atoms with E-state index in [1.165, 1.54) is 25.3 Å². The van der Waals surface area contributed by atoms with Crippen molar-refractivity contribution in [2.75, 3.05) is 20.3 Å². The van der Waals surface area contributed by atoms with Crippen molar-refractivity contribution in [3.05, 3.63) is 35.1 Å². The third-order valence-electron chi connectivity index (χ3n) is 2.97. The van der Waals surface area contributed by atoms with Gasteiger partial charge in [-0.1, -0.05) is 0 Å². The van der Waals surface area contributed by atoms with Crippen molar-refractivity contribution in [3.8, 4) is 0 Å². The Morgan fingerprint density at radius 3 is 2.74 bits per heavy atom. The van der Waals surface area contributed by atoms with Crippen LogP contribution in [0.1, 0.15) is 29.3 Å². The lowest BCUT2D eigenvalue weighted by molar-refractivity contribution is 0.0725. The van der Waals surface area contributed by atoms with Crippen molar-refractivity contribution < 1.29 is 19.0 Å². The highest BCUT2D eigenvalue weighted by Gasteiger charge is 2.26. The lowest BCUT2D eigenvalue weighted by Gasteiger charge is -2.29. The normalized spacial score (nSPS) is 13.9. The summed E-state index contributed by atoms with van der Waals surface area (Å²) in [7, 11) is 1.53. The third-order valence-corrected chi connectivity index (χ3v) is 2.97. The number of amides is 1. The summed E-state index contributed by atoms with van der Waals surface area (Å²) in [5.74, 6) is -0.672. The molecule has 1 amide bonds. The van der Waals surface area contributed by atoms with Crippen molar-refractivity contribution >= 4 is 5.91 Å². The summed E-state index contributed by atoms with van der Waals surface area (Å²) in [5, 5.41) is 11.9. The maximum absolute atomic E-state index is 13.0. The molecule has 0 saturated heterocycles. The number of benzene rings is 1. The number of carbonyl (C=O) groups is 1. The first-order valence-corrected chi connectivity index (χ1v) is 6.10. The van der Waals surface area contributed by atoms with Gasteiger partial charge in [-0.15, -0.1) is 0 Å². The molecule has 5 heteroatoms. The molecule has 0 bridgehead atoms. The van der Waals surface area contributed by atoms with Gasteiger partial charge in [0.25, 0.3) is 5.91 Å². The molecule has 19 heavy (non-hydrogen) atoms.